The molecule has 1 aromatic rings. The molecule has 0 aromatic heterocycles. The van der Waals surface area contributed by atoms with E-state index in [1.54, 1.807) is 0 Å². The fraction of sp³-hybridized carbons (Fsp3) is 0.562. The topological polar surface area (TPSA) is 27.0 Å². The van der Waals surface area contributed by atoms with E-state index in [1.165, 1.54) is 32.1 Å². The van der Waals surface area contributed by atoms with Crippen molar-refractivity contribution >= 4 is 17.3 Å². The summed E-state index contributed by atoms with van der Waals surface area (Å²) in [7, 11) is 0. The van der Waals surface area contributed by atoms with E-state index in [0.717, 1.165) is 23.4 Å². The Morgan fingerprint density at radius 3 is 2.63 bits per heavy atom. The van der Waals surface area contributed by atoms with Crippen LogP contribution >= 0.6 is 11.6 Å². The maximum absolute atomic E-state index is 9.36. The monoisotopic (exact) mass is 276 g/mol. The molecular weight excluding hydrogens is 256 g/mol. The van der Waals surface area contributed by atoms with Gasteiger partial charge in [0.05, 0.1) is 11.3 Å². The first-order valence-corrected chi connectivity index (χ1v) is 7.69. The molecule has 0 bridgehead atoms. The summed E-state index contributed by atoms with van der Waals surface area (Å²) in [6.45, 7) is 3.13. The van der Waals surface area contributed by atoms with Gasteiger partial charge >= 0.3 is 0 Å². The lowest BCUT2D eigenvalue weighted by atomic mass is 9.93. The molecule has 0 amide bonds. The van der Waals surface area contributed by atoms with Gasteiger partial charge in [0.25, 0.3) is 0 Å². The molecular formula is C16H21ClN2. The summed E-state index contributed by atoms with van der Waals surface area (Å²) in [6, 6.07) is 8.94. The van der Waals surface area contributed by atoms with E-state index in [0.29, 0.717) is 11.9 Å². The molecule has 2 rings (SSSR count). The van der Waals surface area contributed by atoms with Gasteiger partial charge in [0.1, 0.15) is 6.07 Å². The molecule has 0 atom stereocenters. The number of halogens is 1. The van der Waals surface area contributed by atoms with E-state index in [-0.39, 0.29) is 0 Å². The second-order valence-corrected chi connectivity index (χ2v) is 5.44. The third kappa shape index (κ3) is 3.22. The van der Waals surface area contributed by atoms with Crippen LogP contribution in [0.5, 0.6) is 0 Å². The molecule has 0 radical (unpaired) electrons. The summed E-state index contributed by atoms with van der Waals surface area (Å²) >= 11 is 5.85. The minimum absolute atomic E-state index is 0.463. The van der Waals surface area contributed by atoms with Gasteiger partial charge in [-0.05, 0) is 37.5 Å². The second-order valence-electron chi connectivity index (χ2n) is 5.17. The molecule has 2 nitrogen and oxygen atoms in total. The van der Waals surface area contributed by atoms with Crippen molar-refractivity contribution in [1.82, 2.24) is 0 Å². The summed E-state index contributed by atoms with van der Waals surface area (Å²) in [5.41, 5.74) is 2.85. The quantitative estimate of drug-likeness (QED) is 0.760. The van der Waals surface area contributed by atoms with Crippen molar-refractivity contribution in [2.75, 3.05) is 11.4 Å². The number of hydrogen-bond donors (Lipinski definition) is 0. The van der Waals surface area contributed by atoms with Crippen LogP contribution in [-0.2, 0) is 5.88 Å². The second kappa shape index (κ2) is 6.82. The number of alkyl halides is 1. The third-order valence-electron chi connectivity index (χ3n) is 4.00. The normalized spacial score (nSPS) is 16.1. The Hall–Kier alpha value is -1.20. The van der Waals surface area contributed by atoms with Crippen LogP contribution in [0.4, 0.5) is 5.69 Å². The first-order valence-electron chi connectivity index (χ1n) is 7.15. The molecule has 0 heterocycles. The summed E-state index contributed by atoms with van der Waals surface area (Å²) in [5, 5.41) is 9.36. The molecule has 1 saturated carbocycles. The predicted molar refractivity (Wildman–Crippen MR) is 80.6 cm³/mol. The molecule has 1 aliphatic carbocycles. The zero-order chi connectivity index (χ0) is 13.7. The lowest BCUT2D eigenvalue weighted by Gasteiger charge is -2.36. The molecule has 0 unspecified atom stereocenters. The van der Waals surface area contributed by atoms with E-state index in [9.17, 15) is 5.26 Å². The fourth-order valence-electron chi connectivity index (χ4n) is 3.02. The van der Waals surface area contributed by atoms with E-state index < -0.39 is 0 Å². The highest BCUT2D eigenvalue weighted by atomic mass is 35.5. The van der Waals surface area contributed by atoms with Crippen molar-refractivity contribution in [3.05, 3.63) is 29.3 Å². The van der Waals surface area contributed by atoms with Crippen molar-refractivity contribution < 1.29 is 0 Å². The molecule has 19 heavy (non-hydrogen) atoms. The maximum Gasteiger partial charge on any atom is 0.101 e. The standard InChI is InChI=1S/C16H21ClN2/c1-2-19(15-6-4-3-5-7-15)16-9-8-13(11-17)10-14(16)12-18/h8-10,15H,2-7,11H2,1H3. The summed E-state index contributed by atoms with van der Waals surface area (Å²) in [5.74, 6) is 0.463. The number of hydrogen-bond acceptors (Lipinski definition) is 2. The van der Waals surface area contributed by atoms with Gasteiger partial charge in [-0.15, -0.1) is 11.6 Å². The Bertz CT molecular complexity index is 458. The highest BCUT2D eigenvalue weighted by molar-refractivity contribution is 6.17. The first kappa shape index (κ1) is 14.2. The lowest BCUT2D eigenvalue weighted by Crippen LogP contribution is -2.37. The maximum atomic E-state index is 9.36. The van der Waals surface area contributed by atoms with Crippen LogP contribution in [-0.4, -0.2) is 12.6 Å². The van der Waals surface area contributed by atoms with Crippen molar-refractivity contribution in [1.29, 1.82) is 5.26 Å². The van der Waals surface area contributed by atoms with E-state index in [4.69, 9.17) is 11.6 Å². The predicted octanol–water partition coefficient (Wildman–Crippen LogP) is 4.46. The molecule has 0 N–H and O–H groups in total. The molecule has 0 spiro atoms. The van der Waals surface area contributed by atoms with Crippen LogP contribution < -0.4 is 4.90 Å². The molecule has 1 aromatic carbocycles. The van der Waals surface area contributed by atoms with Crippen molar-refractivity contribution in [2.24, 2.45) is 0 Å². The zero-order valence-corrected chi connectivity index (χ0v) is 12.3. The van der Waals surface area contributed by atoms with Gasteiger partial charge in [-0.1, -0.05) is 25.3 Å². The van der Waals surface area contributed by atoms with Crippen LogP contribution in [0.15, 0.2) is 18.2 Å². The highest BCUT2D eigenvalue weighted by Gasteiger charge is 2.22. The van der Waals surface area contributed by atoms with Crippen molar-refractivity contribution in [2.45, 2.75) is 50.9 Å². The van der Waals surface area contributed by atoms with Gasteiger partial charge in [0.2, 0.25) is 0 Å². The summed E-state index contributed by atoms with van der Waals surface area (Å²) in [4.78, 5) is 2.40. The molecule has 1 fully saturated rings. The SMILES string of the molecule is CCN(c1ccc(CCl)cc1C#N)C1CCCCC1. The van der Waals surface area contributed by atoms with Gasteiger partial charge in [-0.2, -0.15) is 5.26 Å². The number of nitrogens with zero attached hydrogens (tertiary/aromatic N) is 2. The Morgan fingerprint density at radius 2 is 2.05 bits per heavy atom. The van der Waals surface area contributed by atoms with Gasteiger partial charge in [-0.25, -0.2) is 0 Å². The van der Waals surface area contributed by atoms with Crippen LogP contribution in [0.3, 0.4) is 0 Å². The Balaban J connectivity index is 2.29. The van der Waals surface area contributed by atoms with Crippen molar-refractivity contribution in [3.8, 4) is 6.07 Å². The third-order valence-corrected chi connectivity index (χ3v) is 4.31. The van der Waals surface area contributed by atoms with Gasteiger partial charge in [0, 0.05) is 18.5 Å². The molecule has 0 aliphatic heterocycles. The van der Waals surface area contributed by atoms with Gasteiger partial charge < -0.3 is 4.90 Å². The van der Waals surface area contributed by atoms with Crippen molar-refractivity contribution in [3.63, 3.8) is 0 Å². The summed E-state index contributed by atoms with van der Waals surface area (Å²) < 4.78 is 0. The van der Waals surface area contributed by atoms with Crippen LogP contribution in [0.25, 0.3) is 0 Å². The average Bonchev–Trinajstić information content (AvgIpc) is 2.49. The van der Waals surface area contributed by atoms with Gasteiger partial charge in [-0.3, -0.25) is 0 Å². The van der Waals surface area contributed by atoms with Crippen LogP contribution in [0.2, 0.25) is 0 Å². The van der Waals surface area contributed by atoms with E-state index in [1.807, 2.05) is 12.1 Å². The molecule has 102 valence electrons. The number of benzene rings is 1. The van der Waals surface area contributed by atoms with Crippen LogP contribution in [0.1, 0.15) is 50.2 Å². The molecule has 3 heteroatoms. The minimum atomic E-state index is 0.463. The number of rotatable bonds is 4. The first-order chi connectivity index (χ1) is 9.30. The Labute approximate surface area is 121 Å². The smallest absolute Gasteiger partial charge is 0.101 e. The van der Waals surface area contributed by atoms with Crippen LogP contribution in [0, 0.1) is 11.3 Å². The number of nitriles is 1. The Morgan fingerprint density at radius 1 is 1.32 bits per heavy atom. The minimum Gasteiger partial charge on any atom is -0.368 e. The lowest BCUT2D eigenvalue weighted by molar-refractivity contribution is 0.418. The number of anilines is 1. The molecule has 0 saturated heterocycles. The Kier molecular flexibility index (Phi) is 5.10. The average molecular weight is 277 g/mol. The molecule has 1 aliphatic rings. The summed E-state index contributed by atoms with van der Waals surface area (Å²) in [6.07, 6.45) is 6.46. The zero-order valence-electron chi connectivity index (χ0n) is 11.5. The van der Waals surface area contributed by atoms with E-state index >= 15 is 0 Å². The van der Waals surface area contributed by atoms with Gasteiger partial charge in [0.15, 0.2) is 0 Å². The van der Waals surface area contributed by atoms with E-state index in [2.05, 4.69) is 24.0 Å². The highest BCUT2D eigenvalue weighted by Crippen LogP contribution is 2.30. The fourth-order valence-corrected chi connectivity index (χ4v) is 3.19. The largest absolute Gasteiger partial charge is 0.368 e.